The minimum Gasteiger partial charge on any atom is -0.370 e. The number of carbonyl (C=O) groups excluding carboxylic acids is 1. The highest BCUT2D eigenvalue weighted by molar-refractivity contribution is 6.30. The maximum Gasteiger partial charge on any atom is 0.214 e. The minimum absolute atomic E-state index is 0.333. The predicted molar refractivity (Wildman–Crippen MR) is 90.0 cm³/mol. The second-order valence-electron chi connectivity index (χ2n) is 5.29. The van der Waals surface area contributed by atoms with Crippen LogP contribution in [0.5, 0.6) is 0 Å². The van der Waals surface area contributed by atoms with E-state index in [1.165, 1.54) is 45.6 Å². The predicted octanol–water partition coefficient (Wildman–Crippen LogP) is 5.64. The van der Waals surface area contributed by atoms with Crippen molar-refractivity contribution in [3.8, 4) is 0 Å². The number of nitrogens with two attached hydrogens (primary N) is 1. The molecule has 0 radical (unpaired) electrons. The van der Waals surface area contributed by atoms with Gasteiger partial charge < -0.3 is 5.73 Å². The SMILES string of the molecule is CC(N)=O.CCCC(C)CCC.Cc1ccc(F)c(Cl)c1F. The van der Waals surface area contributed by atoms with E-state index in [1.54, 1.807) is 0 Å². The number of hydrogen-bond acceptors (Lipinski definition) is 1. The molecule has 0 saturated carbocycles. The molecule has 0 atom stereocenters. The Labute approximate surface area is 138 Å². The molecule has 1 aromatic rings. The van der Waals surface area contributed by atoms with Crippen molar-refractivity contribution in [3.63, 3.8) is 0 Å². The summed E-state index contributed by atoms with van der Waals surface area (Å²) in [5.41, 5.74) is 4.83. The smallest absolute Gasteiger partial charge is 0.214 e. The monoisotopic (exact) mass is 335 g/mol. The molecule has 22 heavy (non-hydrogen) atoms. The average Bonchev–Trinajstić information content (AvgIpc) is 2.42. The van der Waals surface area contributed by atoms with Gasteiger partial charge >= 0.3 is 0 Å². The molecule has 0 aliphatic heterocycles. The summed E-state index contributed by atoms with van der Waals surface area (Å²) in [5.74, 6) is -0.767. The fourth-order valence-corrected chi connectivity index (χ4v) is 1.96. The van der Waals surface area contributed by atoms with Gasteiger partial charge in [-0.1, -0.05) is 64.1 Å². The third-order valence-corrected chi connectivity index (χ3v) is 3.14. The van der Waals surface area contributed by atoms with E-state index in [0.717, 1.165) is 12.0 Å². The molecule has 1 amide bonds. The first-order valence-electron chi connectivity index (χ1n) is 7.53. The summed E-state index contributed by atoms with van der Waals surface area (Å²) in [4.78, 5) is 9.22. The van der Waals surface area contributed by atoms with Gasteiger partial charge in [0.2, 0.25) is 5.91 Å². The van der Waals surface area contributed by atoms with Crippen LogP contribution < -0.4 is 5.73 Å². The molecular weight excluding hydrogens is 308 g/mol. The lowest BCUT2D eigenvalue weighted by Gasteiger charge is -2.05. The van der Waals surface area contributed by atoms with Crippen molar-refractivity contribution < 1.29 is 13.6 Å². The Morgan fingerprint density at radius 2 is 1.64 bits per heavy atom. The average molecular weight is 336 g/mol. The molecule has 0 bridgehead atoms. The number of aryl methyl sites for hydroxylation is 1. The molecule has 0 spiro atoms. The van der Waals surface area contributed by atoms with Crippen LogP contribution in [0.1, 0.15) is 58.9 Å². The first-order valence-corrected chi connectivity index (χ1v) is 7.91. The Morgan fingerprint density at radius 3 is 1.95 bits per heavy atom. The molecule has 2 nitrogen and oxygen atoms in total. The van der Waals surface area contributed by atoms with Crippen molar-refractivity contribution in [3.05, 3.63) is 34.4 Å². The number of hydrogen-bond donors (Lipinski definition) is 1. The second-order valence-corrected chi connectivity index (χ2v) is 5.66. The Balaban J connectivity index is 0. The lowest BCUT2D eigenvalue weighted by molar-refractivity contribution is -0.115. The Kier molecular flexibility index (Phi) is 14.2. The van der Waals surface area contributed by atoms with Crippen molar-refractivity contribution >= 4 is 17.5 Å². The van der Waals surface area contributed by atoms with Crippen LogP contribution in [-0.4, -0.2) is 5.91 Å². The molecular formula is C17H28ClF2NO. The molecule has 0 heterocycles. The third kappa shape index (κ3) is 12.6. The van der Waals surface area contributed by atoms with Gasteiger partial charge in [0.05, 0.1) is 0 Å². The molecule has 0 fully saturated rings. The van der Waals surface area contributed by atoms with Crippen LogP contribution in [0.25, 0.3) is 0 Å². The molecule has 1 aromatic carbocycles. The fraction of sp³-hybridized carbons (Fsp3) is 0.588. The Bertz CT molecular complexity index is 402. The second kappa shape index (κ2) is 13.5. The molecule has 1 rings (SSSR count). The van der Waals surface area contributed by atoms with Crippen molar-refractivity contribution in [1.82, 2.24) is 0 Å². The zero-order chi connectivity index (χ0) is 17.7. The van der Waals surface area contributed by atoms with Gasteiger partial charge in [-0.3, -0.25) is 4.79 Å². The van der Waals surface area contributed by atoms with Crippen LogP contribution in [0, 0.1) is 24.5 Å². The van der Waals surface area contributed by atoms with Gasteiger partial charge in [-0.05, 0) is 24.5 Å². The molecule has 0 aliphatic rings. The highest BCUT2D eigenvalue weighted by Gasteiger charge is 2.07. The normalized spacial score (nSPS) is 9.50. The number of carbonyl (C=O) groups is 1. The van der Waals surface area contributed by atoms with Crippen molar-refractivity contribution in [2.45, 2.75) is 60.3 Å². The highest BCUT2D eigenvalue weighted by atomic mass is 35.5. The summed E-state index contributed by atoms with van der Waals surface area (Å²) in [5, 5.41) is -0.431. The molecule has 0 aliphatic carbocycles. The fourth-order valence-electron chi connectivity index (χ4n) is 1.75. The molecule has 5 heteroatoms. The lowest BCUT2D eigenvalue weighted by atomic mass is 10.0. The molecule has 2 N–H and O–H groups in total. The zero-order valence-electron chi connectivity index (χ0n) is 14.2. The quantitative estimate of drug-likeness (QED) is 0.711. The largest absolute Gasteiger partial charge is 0.370 e. The van der Waals surface area contributed by atoms with Crippen LogP contribution >= 0.6 is 11.6 Å². The van der Waals surface area contributed by atoms with Crippen LogP contribution in [0.2, 0.25) is 5.02 Å². The van der Waals surface area contributed by atoms with E-state index in [0.29, 0.717) is 5.56 Å². The van der Waals surface area contributed by atoms with Gasteiger partial charge in [0, 0.05) is 6.92 Å². The summed E-state index contributed by atoms with van der Waals surface area (Å²) in [6, 6.07) is 2.48. The molecule has 0 saturated heterocycles. The van der Waals surface area contributed by atoms with Gasteiger partial charge in [0.15, 0.2) is 0 Å². The molecule has 128 valence electrons. The zero-order valence-corrected chi connectivity index (χ0v) is 14.9. The third-order valence-electron chi connectivity index (χ3n) is 2.79. The van der Waals surface area contributed by atoms with E-state index in [1.807, 2.05) is 0 Å². The van der Waals surface area contributed by atoms with Crippen LogP contribution in [-0.2, 0) is 4.79 Å². The van der Waals surface area contributed by atoms with Crippen LogP contribution in [0.3, 0.4) is 0 Å². The van der Waals surface area contributed by atoms with Gasteiger partial charge in [0.25, 0.3) is 0 Å². The van der Waals surface area contributed by atoms with Crippen molar-refractivity contribution in [1.29, 1.82) is 0 Å². The Hall–Kier alpha value is -1.16. The number of halogens is 3. The summed E-state index contributed by atoms with van der Waals surface area (Å²) in [6.45, 7) is 9.69. The van der Waals surface area contributed by atoms with Crippen LogP contribution in [0.15, 0.2) is 12.1 Å². The van der Waals surface area contributed by atoms with E-state index < -0.39 is 16.7 Å². The van der Waals surface area contributed by atoms with E-state index in [-0.39, 0.29) is 5.91 Å². The number of primary amides is 1. The maximum atomic E-state index is 12.6. The van der Waals surface area contributed by atoms with E-state index in [2.05, 4.69) is 26.5 Å². The van der Waals surface area contributed by atoms with Crippen molar-refractivity contribution in [2.75, 3.05) is 0 Å². The molecule has 0 aromatic heterocycles. The summed E-state index contributed by atoms with van der Waals surface area (Å²) in [7, 11) is 0. The first kappa shape index (κ1) is 23.1. The summed E-state index contributed by atoms with van der Waals surface area (Å²) in [6.07, 6.45) is 5.52. The number of amides is 1. The number of rotatable bonds is 4. The lowest BCUT2D eigenvalue weighted by Crippen LogP contribution is -2.01. The van der Waals surface area contributed by atoms with Crippen molar-refractivity contribution in [2.24, 2.45) is 11.7 Å². The first-order chi connectivity index (χ1) is 10.2. The molecule has 0 unspecified atom stereocenters. The Morgan fingerprint density at radius 1 is 1.23 bits per heavy atom. The summed E-state index contributed by atoms with van der Waals surface area (Å²) >= 11 is 5.23. The van der Waals surface area contributed by atoms with E-state index in [4.69, 9.17) is 11.6 Å². The van der Waals surface area contributed by atoms with Gasteiger partial charge in [-0.15, -0.1) is 0 Å². The topological polar surface area (TPSA) is 43.1 Å². The van der Waals surface area contributed by atoms with E-state index >= 15 is 0 Å². The van der Waals surface area contributed by atoms with Gasteiger partial charge in [-0.2, -0.15) is 0 Å². The highest BCUT2D eigenvalue weighted by Crippen LogP contribution is 2.20. The van der Waals surface area contributed by atoms with Crippen LogP contribution in [0.4, 0.5) is 8.78 Å². The van der Waals surface area contributed by atoms with E-state index in [9.17, 15) is 13.6 Å². The van der Waals surface area contributed by atoms with Gasteiger partial charge in [0.1, 0.15) is 16.7 Å². The minimum atomic E-state index is -0.718. The standard InChI is InChI=1S/C8H18.C7H5ClF2.C2H5NO/c1-4-6-8(3)7-5-2;1-4-2-3-5(9)6(8)7(4)10;1-2(3)4/h8H,4-7H2,1-3H3;2-3H,1H3;1H3,(H2,3,4). The van der Waals surface area contributed by atoms with Gasteiger partial charge in [-0.25, -0.2) is 8.78 Å². The number of benzene rings is 1. The maximum absolute atomic E-state index is 12.6. The summed E-state index contributed by atoms with van der Waals surface area (Å²) < 4.78 is 25.0.